The van der Waals surface area contributed by atoms with Crippen LogP contribution in [0.25, 0.3) is 0 Å². The molecule has 0 aliphatic carbocycles. The molecule has 8 nitrogen and oxygen atoms in total. The molecule has 1 heterocycles. The minimum Gasteiger partial charge on any atom is -0.481 e. The van der Waals surface area contributed by atoms with Crippen LogP contribution < -0.4 is 0 Å². The molecule has 0 spiro atoms. The van der Waals surface area contributed by atoms with Crippen LogP contribution in [-0.4, -0.2) is 55.5 Å². The number of carboxylic acids is 1. The summed E-state index contributed by atoms with van der Waals surface area (Å²) in [4.78, 5) is 25.6. The number of hydrogen-bond acceptors (Lipinski definition) is 6. The van der Waals surface area contributed by atoms with E-state index >= 15 is 0 Å². The van der Waals surface area contributed by atoms with Gasteiger partial charge < -0.3 is 9.84 Å². The molecule has 0 amide bonds. The summed E-state index contributed by atoms with van der Waals surface area (Å²) in [5.41, 5.74) is -0.0157. The molecule has 1 aromatic heterocycles. The molecule has 0 saturated carbocycles. The maximum Gasteiger partial charge on any atom is 0.356 e. The van der Waals surface area contributed by atoms with Crippen LogP contribution in [0.4, 0.5) is 0 Å². The first-order chi connectivity index (χ1) is 9.70. The molecule has 0 saturated heterocycles. The third kappa shape index (κ3) is 3.99. The van der Waals surface area contributed by atoms with E-state index in [0.717, 1.165) is 10.5 Å². The van der Waals surface area contributed by atoms with E-state index in [1.807, 2.05) is 0 Å². The van der Waals surface area contributed by atoms with Gasteiger partial charge in [-0.25, -0.2) is 22.5 Å². The summed E-state index contributed by atoms with van der Waals surface area (Å²) in [6, 6.07) is 2.45. The molecular formula is C12H16N2O6S. The van der Waals surface area contributed by atoms with Crippen molar-refractivity contribution in [2.24, 2.45) is 5.92 Å². The Morgan fingerprint density at radius 2 is 2.05 bits per heavy atom. The maximum atomic E-state index is 12.2. The van der Waals surface area contributed by atoms with Gasteiger partial charge in [0.25, 0.3) is 0 Å². The summed E-state index contributed by atoms with van der Waals surface area (Å²) >= 11 is 0. The molecule has 116 valence electrons. The second-order valence-corrected chi connectivity index (χ2v) is 6.44. The number of pyridine rings is 1. The minimum absolute atomic E-state index is 0.0157. The number of aromatic nitrogens is 1. The van der Waals surface area contributed by atoms with Gasteiger partial charge in [-0.1, -0.05) is 6.92 Å². The highest BCUT2D eigenvalue weighted by Crippen LogP contribution is 2.15. The standard InChI is InChI=1S/C12H16N2O6S/c1-8(11(15)16)7-14(2)21(18,19)9-4-5-10(13-6-9)12(17)20-3/h4-6,8H,7H2,1-3H3,(H,15,16). The molecule has 0 fully saturated rings. The van der Waals surface area contributed by atoms with Gasteiger partial charge in [0.15, 0.2) is 0 Å². The van der Waals surface area contributed by atoms with Gasteiger partial charge in [0.2, 0.25) is 10.0 Å². The predicted octanol–water partition coefficient (Wildman–Crippen LogP) is 0.209. The van der Waals surface area contributed by atoms with Crippen LogP contribution in [0.3, 0.4) is 0 Å². The number of hydrogen-bond donors (Lipinski definition) is 1. The monoisotopic (exact) mass is 316 g/mol. The molecule has 1 N–H and O–H groups in total. The Bertz CT molecular complexity index is 626. The number of methoxy groups -OCH3 is 1. The Hall–Kier alpha value is -2.00. The van der Waals surface area contributed by atoms with Crippen LogP contribution in [0.15, 0.2) is 23.2 Å². The summed E-state index contributed by atoms with van der Waals surface area (Å²) in [6.07, 6.45) is 1.03. The second kappa shape index (κ2) is 6.64. The molecule has 9 heteroatoms. The Kier molecular flexibility index (Phi) is 5.39. The van der Waals surface area contributed by atoms with E-state index in [9.17, 15) is 18.0 Å². The Morgan fingerprint density at radius 3 is 2.48 bits per heavy atom. The Morgan fingerprint density at radius 1 is 1.43 bits per heavy atom. The van der Waals surface area contributed by atoms with E-state index in [0.29, 0.717) is 0 Å². The predicted molar refractivity (Wildman–Crippen MR) is 72.2 cm³/mol. The Balaban J connectivity index is 2.97. The minimum atomic E-state index is -3.86. The summed E-state index contributed by atoms with van der Waals surface area (Å²) in [5.74, 6) is -2.60. The number of sulfonamides is 1. The lowest BCUT2D eigenvalue weighted by Crippen LogP contribution is -2.33. The number of ether oxygens (including phenoxy) is 1. The number of rotatable bonds is 6. The van der Waals surface area contributed by atoms with Crippen LogP contribution >= 0.6 is 0 Å². The van der Waals surface area contributed by atoms with Crippen molar-refractivity contribution in [2.75, 3.05) is 20.7 Å². The third-order valence-corrected chi connectivity index (χ3v) is 4.60. The topological polar surface area (TPSA) is 114 Å². The van der Waals surface area contributed by atoms with Crippen molar-refractivity contribution in [3.05, 3.63) is 24.0 Å². The number of esters is 1. The molecule has 1 unspecified atom stereocenters. The first kappa shape index (κ1) is 17.1. The maximum absolute atomic E-state index is 12.2. The number of carbonyl (C=O) groups is 2. The van der Waals surface area contributed by atoms with Crippen molar-refractivity contribution in [3.8, 4) is 0 Å². The van der Waals surface area contributed by atoms with Gasteiger partial charge in [0, 0.05) is 19.8 Å². The number of carboxylic acid groups (broad SMARTS) is 1. The first-order valence-electron chi connectivity index (χ1n) is 5.93. The lowest BCUT2D eigenvalue weighted by Gasteiger charge is -2.19. The van der Waals surface area contributed by atoms with Crippen LogP contribution in [0.1, 0.15) is 17.4 Å². The number of carbonyl (C=O) groups excluding carboxylic acids is 1. The van der Waals surface area contributed by atoms with Gasteiger partial charge in [-0.05, 0) is 12.1 Å². The van der Waals surface area contributed by atoms with Crippen molar-refractivity contribution in [2.45, 2.75) is 11.8 Å². The van der Waals surface area contributed by atoms with Crippen LogP contribution in [0.2, 0.25) is 0 Å². The molecular weight excluding hydrogens is 300 g/mol. The van der Waals surface area contributed by atoms with Crippen molar-refractivity contribution in [1.29, 1.82) is 0 Å². The van der Waals surface area contributed by atoms with Gasteiger partial charge >= 0.3 is 11.9 Å². The molecule has 1 aromatic rings. The molecule has 0 aliphatic heterocycles. The van der Waals surface area contributed by atoms with E-state index in [-0.39, 0.29) is 17.1 Å². The summed E-state index contributed by atoms with van der Waals surface area (Å²) in [6.45, 7) is 1.24. The fraction of sp³-hybridized carbons (Fsp3) is 0.417. The number of aliphatic carboxylic acids is 1. The van der Waals surface area contributed by atoms with E-state index in [2.05, 4.69) is 9.72 Å². The zero-order chi connectivity index (χ0) is 16.2. The van der Waals surface area contributed by atoms with E-state index in [4.69, 9.17) is 5.11 Å². The highest BCUT2D eigenvalue weighted by atomic mass is 32.2. The lowest BCUT2D eigenvalue weighted by molar-refractivity contribution is -0.141. The average Bonchev–Trinajstić information content (AvgIpc) is 2.46. The average molecular weight is 316 g/mol. The second-order valence-electron chi connectivity index (χ2n) is 4.40. The van der Waals surface area contributed by atoms with Gasteiger partial charge in [-0.2, -0.15) is 0 Å². The van der Waals surface area contributed by atoms with E-state index < -0.39 is 27.9 Å². The quantitative estimate of drug-likeness (QED) is 0.746. The normalized spacial score (nSPS) is 13.0. The highest BCUT2D eigenvalue weighted by molar-refractivity contribution is 7.89. The largest absolute Gasteiger partial charge is 0.481 e. The van der Waals surface area contributed by atoms with Crippen molar-refractivity contribution < 1.29 is 27.9 Å². The fourth-order valence-corrected chi connectivity index (χ4v) is 2.71. The Labute approximate surface area is 122 Å². The molecule has 0 aromatic carbocycles. The summed E-state index contributed by atoms with van der Waals surface area (Å²) in [5, 5.41) is 8.81. The zero-order valence-electron chi connectivity index (χ0n) is 11.8. The van der Waals surface area contributed by atoms with Gasteiger partial charge in [-0.15, -0.1) is 0 Å². The van der Waals surface area contributed by atoms with Crippen LogP contribution in [-0.2, 0) is 19.6 Å². The van der Waals surface area contributed by atoms with Gasteiger partial charge in [0.1, 0.15) is 10.6 Å². The summed E-state index contributed by atoms with van der Waals surface area (Å²) in [7, 11) is -1.39. The molecule has 0 radical (unpaired) electrons. The van der Waals surface area contributed by atoms with Gasteiger partial charge in [0.05, 0.1) is 13.0 Å². The first-order valence-corrected chi connectivity index (χ1v) is 7.37. The fourth-order valence-electron chi connectivity index (χ4n) is 1.50. The van der Waals surface area contributed by atoms with Gasteiger partial charge in [-0.3, -0.25) is 4.79 Å². The third-order valence-electron chi connectivity index (χ3n) is 2.79. The van der Waals surface area contributed by atoms with Crippen molar-refractivity contribution in [3.63, 3.8) is 0 Å². The highest BCUT2D eigenvalue weighted by Gasteiger charge is 2.25. The van der Waals surface area contributed by atoms with Crippen molar-refractivity contribution >= 4 is 22.0 Å². The van der Waals surface area contributed by atoms with Crippen LogP contribution in [0.5, 0.6) is 0 Å². The number of nitrogens with zero attached hydrogens (tertiary/aromatic N) is 2. The van der Waals surface area contributed by atoms with Crippen molar-refractivity contribution in [1.82, 2.24) is 9.29 Å². The van der Waals surface area contributed by atoms with E-state index in [1.165, 1.54) is 33.2 Å². The summed E-state index contributed by atoms with van der Waals surface area (Å²) < 4.78 is 29.8. The molecule has 0 bridgehead atoms. The molecule has 1 rings (SSSR count). The van der Waals surface area contributed by atoms with Crippen LogP contribution in [0, 0.1) is 5.92 Å². The smallest absolute Gasteiger partial charge is 0.356 e. The zero-order valence-corrected chi connectivity index (χ0v) is 12.6. The molecule has 1 atom stereocenters. The van der Waals surface area contributed by atoms with E-state index in [1.54, 1.807) is 0 Å². The molecule has 0 aliphatic rings. The SMILES string of the molecule is COC(=O)c1ccc(S(=O)(=O)N(C)CC(C)C(=O)O)cn1. The lowest BCUT2D eigenvalue weighted by atomic mass is 10.2. The molecule has 21 heavy (non-hydrogen) atoms.